The Hall–Kier alpha value is -0.760. The molecule has 0 aliphatic heterocycles. The molecule has 1 aliphatic rings. The van der Waals surface area contributed by atoms with E-state index in [9.17, 15) is 10.2 Å². The fourth-order valence-electron chi connectivity index (χ4n) is 2.27. The maximum atomic E-state index is 9.77. The molecule has 7 heteroatoms. The van der Waals surface area contributed by atoms with Gasteiger partial charge >= 0.3 is 0 Å². The van der Waals surface area contributed by atoms with Crippen molar-refractivity contribution in [3.63, 3.8) is 0 Å². The standard InChI is InChI=1S/C11H19N3O3S/c15-6-8-2-1-3-10(8)12-4-9(16)7-17-11-5-13-18-14-11/h5,8-10,12,15-16H,1-4,6-7H2. The predicted octanol–water partition coefficient (Wildman–Crippen LogP) is 0.0284. The van der Waals surface area contributed by atoms with Gasteiger partial charge in [-0.1, -0.05) is 6.42 Å². The van der Waals surface area contributed by atoms with Crippen LogP contribution >= 0.6 is 11.7 Å². The van der Waals surface area contributed by atoms with Crippen molar-refractivity contribution in [1.82, 2.24) is 14.1 Å². The van der Waals surface area contributed by atoms with Crippen LogP contribution in [0.25, 0.3) is 0 Å². The number of aliphatic hydroxyl groups excluding tert-OH is 2. The second kappa shape index (κ2) is 6.98. The number of nitrogens with zero attached hydrogens (tertiary/aromatic N) is 2. The Morgan fingerprint density at radius 1 is 1.56 bits per heavy atom. The molecule has 3 unspecified atom stereocenters. The smallest absolute Gasteiger partial charge is 0.245 e. The van der Waals surface area contributed by atoms with Crippen LogP contribution in [0.15, 0.2) is 6.20 Å². The second-order valence-electron chi connectivity index (χ2n) is 4.60. The predicted molar refractivity (Wildman–Crippen MR) is 67.6 cm³/mol. The Kier molecular flexibility index (Phi) is 5.30. The normalized spacial score (nSPS) is 25.2. The molecule has 0 amide bonds. The molecular formula is C11H19N3O3S. The van der Waals surface area contributed by atoms with Crippen LogP contribution in [0.4, 0.5) is 0 Å². The van der Waals surface area contributed by atoms with Gasteiger partial charge in [-0.2, -0.15) is 4.37 Å². The average Bonchev–Trinajstić information content (AvgIpc) is 3.04. The van der Waals surface area contributed by atoms with Gasteiger partial charge in [0.2, 0.25) is 5.88 Å². The summed E-state index contributed by atoms with van der Waals surface area (Å²) in [5, 5.41) is 22.3. The lowest BCUT2D eigenvalue weighted by Gasteiger charge is -2.21. The van der Waals surface area contributed by atoms with Crippen molar-refractivity contribution in [1.29, 1.82) is 0 Å². The highest BCUT2D eigenvalue weighted by atomic mass is 32.1. The van der Waals surface area contributed by atoms with Crippen LogP contribution in [0, 0.1) is 5.92 Å². The number of hydrogen-bond donors (Lipinski definition) is 3. The zero-order valence-corrected chi connectivity index (χ0v) is 11.0. The number of aromatic nitrogens is 2. The summed E-state index contributed by atoms with van der Waals surface area (Å²) in [6.07, 6.45) is 4.22. The highest BCUT2D eigenvalue weighted by Crippen LogP contribution is 2.24. The van der Waals surface area contributed by atoms with E-state index in [1.807, 2.05) is 0 Å². The largest absolute Gasteiger partial charge is 0.473 e. The Morgan fingerprint density at radius 3 is 3.17 bits per heavy atom. The Bertz CT molecular complexity index is 336. The van der Waals surface area contributed by atoms with Crippen molar-refractivity contribution < 1.29 is 14.9 Å². The van der Waals surface area contributed by atoms with Crippen LogP contribution < -0.4 is 10.1 Å². The molecule has 18 heavy (non-hydrogen) atoms. The third-order valence-corrected chi connectivity index (χ3v) is 3.74. The first-order chi connectivity index (χ1) is 8.79. The van der Waals surface area contributed by atoms with E-state index in [0.717, 1.165) is 31.0 Å². The fraction of sp³-hybridized carbons (Fsp3) is 0.818. The Morgan fingerprint density at radius 2 is 2.44 bits per heavy atom. The lowest BCUT2D eigenvalue weighted by Crippen LogP contribution is -2.40. The quantitative estimate of drug-likeness (QED) is 0.649. The van der Waals surface area contributed by atoms with E-state index in [0.29, 0.717) is 24.4 Å². The van der Waals surface area contributed by atoms with Gasteiger partial charge in [-0.15, -0.1) is 4.37 Å². The van der Waals surface area contributed by atoms with E-state index >= 15 is 0 Å². The molecule has 1 saturated carbocycles. The zero-order chi connectivity index (χ0) is 12.8. The minimum Gasteiger partial charge on any atom is -0.473 e. The molecule has 0 radical (unpaired) electrons. The molecule has 2 rings (SSSR count). The summed E-state index contributed by atoms with van der Waals surface area (Å²) in [6, 6.07) is 0.311. The zero-order valence-electron chi connectivity index (χ0n) is 10.2. The van der Waals surface area contributed by atoms with Crippen molar-refractivity contribution >= 4 is 11.7 Å². The van der Waals surface area contributed by atoms with E-state index in [2.05, 4.69) is 14.1 Å². The minimum atomic E-state index is -0.577. The second-order valence-corrected chi connectivity index (χ2v) is 5.16. The van der Waals surface area contributed by atoms with Gasteiger partial charge in [0.25, 0.3) is 0 Å². The summed E-state index contributed by atoms with van der Waals surface area (Å²) >= 11 is 1.08. The molecule has 0 saturated heterocycles. The van der Waals surface area contributed by atoms with Crippen LogP contribution in [0.3, 0.4) is 0 Å². The van der Waals surface area contributed by atoms with Gasteiger partial charge in [0.05, 0.1) is 11.7 Å². The highest BCUT2D eigenvalue weighted by molar-refractivity contribution is 6.99. The van der Waals surface area contributed by atoms with Crippen molar-refractivity contribution in [2.24, 2.45) is 5.92 Å². The topological polar surface area (TPSA) is 87.5 Å². The van der Waals surface area contributed by atoms with Crippen molar-refractivity contribution in [3.8, 4) is 5.88 Å². The molecule has 1 aromatic heterocycles. The van der Waals surface area contributed by atoms with Gasteiger partial charge < -0.3 is 20.3 Å². The third kappa shape index (κ3) is 3.88. The lowest BCUT2D eigenvalue weighted by atomic mass is 10.1. The fourth-order valence-corrected chi connectivity index (χ4v) is 2.64. The molecule has 6 nitrogen and oxygen atoms in total. The maximum Gasteiger partial charge on any atom is 0.245 e. The van der Waals surface area contributed by atoms with Gasteiger partial charge in [-0.05, 0) is 18.8 Å². The van der Waals surface area contributed by atoms with Crippen molar-refractivity contribution in [3.05, 3.63) is 6.20 Å². The third-order valence-electron chi connectivity index (χ3n) is 3.27. The molecule has 1 aromatic rings. The summed E-state index contributed by atoms with van der Waals surface area (Å²) in [6.45, 7) is 0.891. The Balaban J connectivity index is 1.63. The monoisotopic (exact) mass is 273 g/mol. The van der Waals surface area contributed by atoms with E-state index in [1.54, 1.807) is 0 Å². The maximum absolute atomic E-state index is 9.77. The number of ether oxygens (including phenoxy) is 1. The molecule has 3 N–H and O–H groups in total. The van der Waals surface area contributed by atoms with Crippen molar-refractivity contribution in [2.75, 3.05) is 19.8 Å². The van der Waals surface area contributed by atoms with Crippen LogP contribution in [-0.2, 0) is 0 Å². The molecule has 1 aliphatic carbocycles. The van der Waals surface area contributed by atoms with Crippen LogP contribution in [-0.4, -0.2) is 50.9 Å². The van der Waals surface area contributed by atoms with Gasteiger partial charge in [-0.3, -0.25) is 0 Å². The van der Waals surface area contributed by atoms with Gasteiger partial charge in [0.1, 0.15) is 18.9 Å². The molecule has 3 atom stereocenters. The molecule has 102 valence electrons. The van der Waals surface area contributed by atoms with E-state index in [4.69, 9.17) is 4.74 Å². The van der Waals surface area contributed by atoms with Crippen LogP contribution in [0.1, 0.15) is 19.3 Å². The molecule has 1 fully saturated rings. The lowest BCUT2D eigenvalue weighted by molar-refractivity contribution is 0.0974. The summed E-state index contributed by atoms with van der Waals surface area (Å²) in [4.78, 5) is 0. The summed E-state index contributed by atoms with van der Waals surface area (Å²) < 4.78 is 13.0. The summed E-state index contributed by atoms with van der Waals surface area (Å²) in [7, 11) is 0. The number of hydrogen-bond acceptors (Lipinski definition) is 7. The average molecular weight is 273 g/mol. The summed E-state index contributed by atoms with van der Waals surface area (Å²) in [5.74, 6) is 0.772. The first kappa shape index (κ1) is 13.7. The molecule has 1 heterocycles. The first-order valence-corrected chi connectivity index (χ1v) is 6.95. The Labute approximate surface area is 110 Å². The van der Waals surface area contributed by atoms with E-state index < -0.39 is 6.10 Å². The number of aliphatic hydroxyl groups is 2. The molecular weight excluding hydrogens is 254 g/mol. The SMILES string of the molecule is OCC1CCCC1NCC(O)COc1cnsn1. The van der Waals surface area contributed by atoms with Gasteiger partial charge in [-0.25, -0.2) is 0 Å². The number of nitrogens with one attached hydrogen (secondary N) is 1. The highest BCUT2D eigenvalue weighted by Gasteiger charge is 2.26. The van der Waals surface area contributed by atoms with Crippen molar-refractivity contribution in [2.45, 2.75) is 31.4 Å². The number of rotatable bonds is 7. The molecule has 0 spiro atoms. The minimum absolute atomic E-state index is 0.203. The first-order valence-electron chi connectivity index (χ1n) is 6.22. The van der Waals surface area contributed by atoms with Gasteiger partial charge in [0.15, 0.2) is 0 Å². The molecule has 0 bridgehead atoms. The van der Waals surface area contributed by atoms with E-state index in [1.165, 1.54) is 6.20 Å². The molecule has 0 aromatic carbocycles. The van der Waals surface area contributed by atoms with Gasteiger partial charge in [0, 0.05) is 19.2 Å². The van der Waals surface area contributed by atoms with Crippen LogP contribution in [0.5, 0.6) is 5.88 Å². The summed E-state index contributed by atoms with van der Waals surface area (Å²) in [5.41, 5.74) is 0. The van der Waals surface area contributed by atoms with E-state index in [-0.39, 0.29) is 13.2 Å². The van der Waals surface area contributed by atoms with Crippen LogP contribution in [0.2, 0.25) is 0 Å².